The molecule has 1 amide bonds. The van der Waals surface area contributed by atoms with Crippen LogP contribution >= 0.6 is 0 Å². The van der Waals surface area contributed by atoms with Gasteiger partial charge in [0.2, 0.25) is 5.76 Å². The molecule has 0 bridgehead atoms. The largest absolute Gasteiger partial charge is 0.350 e. The van der Waals surface area contributed by atoms with Gasteiger partial charge in [-0.3, -0.25) is 4.79 Å². The predicted octanol–water partition coefficient (Wildman–Crippen LogP) is 3.71. The van der Waals surface area contributed by atoms with Crippen molar-refractivity contribution in [1.29, 1.82) is 0 Å². The number of hydrogen-bond acceptors (Lipinski definition) is 3. The van der Waals surface area contributed by atoms with Gasteiger partial charge in [0.25, 0.3) is 5.91 Å². The first-order chi connectivity index (χ1) is 11.2. The summed E-state index contributed by atoms with van der Waals surface area (Å²) in [6.45, 7) is 0. The van der Waals surface area contributed by atoms with E-state index in [-0.39, 0.29) is 11.6 Å². The number of nitrogens with one attached hydrogen (secondary N) is 1. The van der Waals surface area contributed by atoms with Crippen LogP contribution in [0.2, 0.25) is 0 Å². The molecule has 3 rings (SSSR count). The maximum absolute atomic E-state index is 13.2. The molecular formula is C18H11FN2O2. The Morgan fingerprint density at radius 1 is 1.17 bits per heavy atom. The summed E-state index contributed by atoms with van der Waals surface area (Å²) in [6.07, 6.45) is 5.32. The van der Waals surface area contributed by atoms with Crippen LogP contribution in [-0.2, 0) is 0 Å². The molecule has 23 heavy (non-hydrogen) atoms. The molecule has 0 unspecified atom stereocenters. The summed E-state index contributed by atoms with van der Waals surface area (Å²) in [4.78, 5) is 12.2. The number of carbonyl (C=O) groups excluding carboxylic acids is 1. The van der Waals surface area contributed by atoms with Gasteiger partial charge in [-0.1, -0.05) is 29.3 Å². The Labute approximate surface area is 131 Å². The van der Waals surface area contributed by atoms with Crippen LogP contribution in [0.25, 0.3) is 11.3 Å². The molecular weight excluding hydrogens is 295 g/mol. The van der Waals surface area contributed by atoms with Crippen molar-refractivity contribution in [3.63, 3.8) is 0 Å². The number of hydrogen-bond donors (Lipinski definition) is 1. The molecule has 0 aliphatic heterocycles. The van der Waals surface area contributed by atoms with Crippen molar-refractivity contribution < 1.29 is 13.7 Å². The zero-order valence-corrected chi connectivity index (χ0v) is 11.9. The molecule has 1 aromatic heterocycles. The second-order valence-electron chi connectivity index (χ2n) is 4.77. The zero-order valence-electron chi connectivity index (χ0n) is 11.9. The van der Waals surface area contributed by atoms with Gasteiger partial charge in [-0.25, -0.2) is 4.39 Å². The van der Waals surface area contributed by atoms with E-state index in [1.807, 2.05) is 0 Å². The van der Waals surface area contributed by atoms with E-state index in [4.69, 9.17) is 10.9 Å². The third-order valence-electron chi connectivity index (χ3n) is 3.14. The van der Waals surface area contributed by atoms with Gasteiger partial charge >= 0.3 is 0 Å². The molecule has 0 aliphatic carbocycles. The van der Waals surface area contributed by atoms with Crippen LogP contribution in [0.15, 0.2) is 59.1 Å². The van der Waals surface area contributed by atoms with Crippen molar-refractivity contribution in [3.05, 3.63) is 71.7 Å². The van der Waals surface area contributed by atoms with E-state index >= 15 is 0 Å². The molecule has 0 aliphatic rings. The average molecular weight is 306 g/mol. The maximum Gasteiger partial charge on any atom is 0.294 e. The minimum atomic E-state index is -0.464. The molecule has 1 heterocycles. The van der Waals surface area contributed by atoms with E-state index in [2.05, 4.69) is 16.4 Å². The molecule has 2 aromatic carbocycles. The molecule has 0 saturated heterocycles. The lowest BCUT2D eigenvalue weighted by Gasteiger charge is -2.02. The molecule has 1 N–H and O–H groups in total. The Bertz CT molecular complexity index is 909. The van der Waals surface area contributed by atoms with Crippen molar-refractivity contribution >= 4 is 11.6 Å². The average Bonchev–Trinajstić information content (AvgIpc) is 3.05. The first kappa shape index (κ1) is 14.5. The Balaban J connectivity index is 1.80. The third-order valence-corrected chi connectivity index (χ3v) is 3.14. The second-order valence-corrected chi connectivity index (χ2v) is 4.77. The third kappa shape index (κ3) is 3.27. The molecule has 3 aromatic rings. The fraction of sp³-hybridized carbons (Fsp3) is 0. The van der Waals surface area contributed by atoms with Crippen LogP contribution in [0, 0.1) is 18.2 Å². The summed E-state index contributed by atoms with van der Waals surface area (Å²) in [6, 6.07) is 14.2. The Hall–Kier alpha value is -3.39. The molecule has 0 radical (unpaired) electrons. The molecule has 0 saturated carbocycles. The highest BCUT2D eigenvalue weighted by atomic mass is 19.1. The summed E-state index contributed by atoms with van der Waals surface area (Å²) in [5, 5.41) is 6.46. The van der Waals surface area contributed by atoms with Gasteiger partial charge in [-0.2, -0.15) is 0 Å². The van der Waals surface area contributed by atoms with Crippen molar-refractivity contribution in [2.45, 2.75) is 0 Å². The van der Waals surface area contributed by atoms with Gasteiger partial charge in [-0.15, -0.1) is 6.42 Å². The van der Waals surface area contributed by atoms with Crippen molar-refractivity contribution in [2.75, 3.05) is 5.32 Å². The molecule has 5 heteroatoms. The van der Waals surface area contributed by atoms with Crippen LogP contribution in [-0.4, -0.2) is 11.1 Å². The monoisotopic (exact) mass is 306 g/mol. The van der Waals surface area contributed by atoms with Crippen LogP contribution < -0.4 is 5.32 Å². The number of anilines is 1. The highest BCUT2D eigenvalue weighted by molar-refractivity contribution is 6.02. The molecule has 0 fully saturated rings. The van der Waals surface area contributed by atoms with Crippen LogP contribution in [0.5, 0.6) is 0 Å². The standard InChI is InChI=1S/C18H11FN2O2/c1-2-12-5-3-8-15(9-12)20-18(22)17-11-16(21-23-17)13-6-4-7-14(19)10-13/h1,3-11H,(H,20,22). The summed E-state index contributed by atoms with van der Waals surface area (Å²) >= 11 is 0. The van der Waals surface area contributed by atoms with Gasteiger partial charge in [-0.05, 0) is 30.3 Å². The van der Waals surface area contributed by atoms with Gasteiger partial charge in [0, 0.05) is 22.9 Å². The number of terminal acetylenes is 1. The Morgan fingerprint density at radius 3 is 2.78 bits per heavy atom. The SMILES string of the molecule is C#Cc1cccc(NC(=O)c2cc(-c3cccc(F)c3)no2)c1. The molecule has 4 nitrogen and oxygen atoms in total. The van der Waals surface area contributed by atoms with E-state index in [0.29, 0.717) is 22.5 Å². The molecule has 0 spiro atoms. The first-order valence-electron chi connectivity index (χ1n) is 6.76. The lowest BCUT2D eigenvalue weighted by molar-refractivity contribution is 0.0988. The van der Waals surface area contributed by atoms with Crippen molar-refractivity contribution in [1.82, 2.24) is 5.16 Å². The fourth-order valence-electron chi connectivity index (χ4n) is 2.05. The van der Waals surface area contributed by atoms with Crippen LogP contribution in [0.4, 0.5) is 10.1 Å². The van der Waals surface area contributed by atoms with Crippen molar-refractivity contribution in [2.24, 2.45) is 0 Å². The minimum absolute atomic E-state index is 0.0235. The van der Waals surface area contributed by atoms with E-state index in [0.717, 1.165) is 0 Å². The van der Waals surface area contributed by atoms with Crippen LogP contribution in [0.1, 0.15) is 16.1 Å². The summed E-state index contributed by atoms with van der Waals surface area (Å²) in [5.74, 6) is 1.66. The topological polar surface area (TPSA) is 55.1 Å². The van der Waals surface area contributed by atoms with E-state index < -0.39 is 5.91 Å². The zero-order chi connectivity index (χ0) is 16.2. The minimum Gasteiger partial charge on any atom is -0.350 e. The quantitative estimate of drug-likeness (QED) is 0.750. The summed E-state index contributed by atoms with van der Waals surface area (Å²) in [5.41, 5.74) is 2.11. The number of benzene rings is 2. The smallest absolute Gasteiger partial charge is 0.294 e. The van der Waals surface area contributed by atoms with Crippen molar-refractivity contribution in [3.8, 4) is 23.6 Å². The predicted molar refractivity (Wildman–Crippen MR) is 84.2 cm³/mol. The number of aromatic nitrogens is 1. The van der Waals surface area contributed by atoms with E-state index in [1.165, 1.54) is 18.2 Å². The highest BCUT2D eigenvalue weighted by Gasteiger charge is 2.14. The van der Waals surface area contributed by atoms with Crippen LogP contribution in [0.3, 0.4) is 0 Å². The number of rotatable bonds is 3. The Morgan fingerprint density at radius 2 is 2.00 bits per heavy atom. The number of halogens is 1. The van der Waals surface area contributed by atoms with Gasteiger partial charge in [0.15, 0.2) is 0 Å². The van der Waals surface area contributed by atoms with Gasteiger partial charge in [0.05, 0.1) is 0 Å². The maximum atomic E-state index is 13.2. The number of carbonyl (C=O) groups is 1. The lowest BCUT2D eigenvalue weighted by atomic mass is 10.1. The fourth-order valence-corrected chi connectivity index (χ4v) is 2.05. The molecule has 112 valence electrons. The van der Waals surface area contributed by atoms with Gasteiger partial charge < -0.3 is 9.84 Å². The second kappa shape index (κ2) is 6.16. The summed E-state index contributed by atoms with van der Waals surface area (Å²) < 4.78 is 18.2. The lowest BCUT2D eigenvalue weighted by Crippen LogP contribution is -2.10. The summed E-state index contributed by atoms with van der Waals surface area (Å²) in [7, 11) is 0. The Kier molecular flexibility index (Phi) is 3.89. The van der Waals surface area contributed by atoms with Gasteiger partial charge in [0.1, 0.15) is 11.5 Å². The normalized spacial score (nSPS) is 10.1. The first-order valence-corrected chi connectivity index (χ1v) is 6.76. The molecule has 0 atom stereocenters. The number of amides is 1. The highest BCUT2D eigenvalue weighted by Crippen LogP contribution is 2.20. The van der Waals surface area contributed by atoms with E-state index in [1.54, 1.807) is 36.4 Å². The van der Waals surface area contributed by atoms with E-state index in [9.17, 15) is 9.18 Å². The number of nitrogens with zero attached hydrogens (tertiary/aromatic N) is 1.